The van der Waals surface area contributed by atoms with E-state index in [2.05, 4.69) is 76.9 Å². The first-order valence-corrected chi connectivity index (χ1v) is 24.0. The molecular formula is C54H62N8O7. The van der Waals surface area contributed by atoms with E-state index in [9.17, 15) is 9.59 Å². The molecule has 0 spiro atoms. The number of rotatable bonds is 20. The lowest BCUT2D eigenvalue weighted by Gasteiger charge is -2.34. The number of nitrogens with zero attached hydrogens (tertiary/aromatic N) is 7. The number of nitrogens with two attached hydrogens (primary N) is 1. The number of aliphatic carboxylic acids is 1. The topological polar surface area (TPSA) is 170 Å². The standard InChI is InChI=1S/C54H62N8O7/c1-5-67-54(61-33-40(56-34-61)13-18-52(63)64)49-25-35(2)32-62(49)53(65)43-30-50(66-4)51(31-44(43)55)69-24-8-6-7-23-68-42-15-10-36(11-16-42)46-28-39-26-37(12-17-45(39)57-46)47-27-38-9-14-41(29-48(38)58-47)60-21-19-59(3)20-22-60/h9-12,14-17,26,29-31,33-34,49,54H,2,5-8,13,18-25,27-28,32,55H2,1,3-4H3,(H,63,64)/t49-,54?/m0/s1. The van der Waals surface area contributed by atoms with Gasteiger partial charge in [0.15, 0.2) is 17.7 Å². The van der Waals surface area contributed by atoms with Gasteiger partial charge < -0.3 is 49.1 Å². The Hall–Kier alpha value is -6.97. The number of hydrogen-bond donors (Lipinski definition) is 2. The second-order valence-corrected chi connectivity index (χ2v) is 18.3. The minimum Gasteiger partial charge on any atom is -0.494 e. The fourth-order valence-corrected chi connectivity index (χ4v) is 9.59. The average Bonchev–Trinajstić information content (AvgIpc) is 4.18. The molecule has 5 heterocycles. The number of hydrogen-bond acceptors (Lipinski definition) is 12. The molecular weight excluding hydrogens is 873 g/mol. The minimum atomic E-state index is -0.894. The van der Waals surface area contributed by atoms with Crippen LogP contribution in [-0.4, -0.2) is 121 Å². The van der Waals surface area contributed by atoms with E-state index in [0.29, 0.717) is 62.0 Å². The lowest BCUT2D eigenvalue weighted by Crippen LogP contribution is -2.44. The second-order valence-electron chi connectivity index (χ2n) is 18.3. The molecule has 2 fully saturated rings. The first kappa shape index (κ1) is 47.1. The van der Waals surface area contributed by atoms with Gasteiger partial charge in [0.1, 0.15) is 5.75 Å². The maximum absolute atomic E-state index is 14.2. The lowest BCUT2D eigenvalue weighted by atomic mass is 9.99. The van der Waals surface area contributed by atoms with Gasteiger partial charge >= 0.3 is 5.97 Å². The Kier molecular flexibility index (Phi) is 14.4. The van der Waals surface area contributed by atoms with Gasteiger partial charge in [0.2, 0.25) is 0 Å². The van der Waals surface area contributed by atoms with Crippen molar-refractivity contribution in [3.63, 3.8) is 0 Å². The number of aliphatic imine (C=N–C) groups is 2. The predicted molar refractivity (Wildman–Crippen MR) is 269 cm³/mol. The van der Waals surface area contributed by atoms with Gasteiger partial charge in [0.25, 0.3) is 5.91 Å². The van der Waals surface area contributed by atoms with Crippen molar-refractivity contribution in [2.75, 3.05) is 77.3 Å². The van der Waals surface area contributed by atoms with Crippen LogP contribution in [0.2, 0.25) is 0 Å². The Labute approximate surface area is 403 Å². The molecule has 1 unspecified atom stereocenters. The zero-order valence-electron chi connectivity index (χ0n) is 39.9. The van der Waals surface area contributed by atoms with E-state index in [1.54, 1.807) is 34.1 Å². The Morgan fingerprint density at radius 1 is 0.855 bits per heavy atom. The van der Waals surface area contributed by atoms with E-state index in [-0.39, 0.29) is 18.0 Å². The van der Waals surface area contributed by atoms with E-state index in [1.165, 1.54) is 23.9 Å². The normalized spacial score (nSPS) is 17.1. The van der Waals surface area contributed by atoms with Crippen LogP contribution in [0.1, 0.15) is 83.6 Å². The SMILES string of the molecule is C=C1C[C@@H](C(OCC)n2cnc(CCC(=O)O)c2)N(C(=O)c2cc(OC)c(OCCCCCOc3ccc(C4=Nc5ccc(C6=Nc7cc(N8CCN(C)CC8)ccc7C6)cc5C4)cc3)cc2N)C1. The fourth-order valence-electron chi connectivity index (χ4n) is 9.59. The summed E-state index contributed by atoms with van der Waals surface area (Å²) in [6.07, 6.45) is 7.76. The predicted octanol–water partition coefficient (Wildman–Crippen LogP) is 8.23. The van der Waals surface area contributed by atoms with Crippen molar-refractivity contribution in [1.82, 2.24) is 19.4 Å². The third-order valence-electron chi connectivity index (χ3n) is 13.4. The summed E-state index contributed by atoms with van der Waals surface area (Å²) in [4.78, 5) is 46.3. The van der Waals surface area contributed by atoms with Gasteiger partial charge in [-0.1, -0.05) is 24.3 Å². The largest absolute Gasteiger partial charge is 0.494 e. The van der Waals surface area contributed by atoms with Crippen LogP contribution in [0.5, 0.6) is 17.2 Å². The number of aryl methyl sites for hydroxylation is 1. The van der Waals surface area contributed by atoms with Crippen LogP contribution in [0, 0.1) is 0 Å². The maximum Gasteiger partial charge on any atom is 0.303 e. The number of anilines is 2. The molecule has 2 atom stereocenters. The highest BCUT2D eigenvalue weighted by Crippen LogP contribution is 2.38. The summed E-state index contributed by atoms with van der Waals surface area (Å²) < 4.78 is 25.9. The van der Waals surface area contributed by atoms with Crippen LogP contribution < -0.4 is 24.8 Å². The van der Waals surface area contributed by atoms with Crippen LogP contribution in [-0.2, 0) is 28.8 Å². The van der Waals surface area contributed by atoms with E-state index >= 15 is 0 Å². The second kappa shape index (κ2) is 21.1. The minimum absolute atomic E-state index is 0.0312. The molecule has 360 valence electrons. The van der Waals surface area contributed by atoms with Crippen LogP contribution in [0.15, 0.2) is 107 Å². The van der Waals surface area contributed by atoms with E-state index < -0.39 is 18.2 Å². The molecule has 1 amide bonds. The number of carboxylic acid groups (broad SMARTS) is 1. The number of fused-ring (bicyclic) bond motifs is 2. The molecule has 0 saturated carbocycles. The first-order chi connectivity index (χ1) is 33.5. The van der Waals surface area contributed by atoms with Crippen molar-refractivity contribution in [3.8, 4) is 17.2 Å². The van der Waals surface area contributed by atoms with Crippen molar-refractivity contribution < 1.29 is 33.6 Å². The van der Waals surface area contributed by atoms with Crippen LogP contribution in [0.25, 0.3) is 0 Å². The number of amides is 1. The summed E-state index contributed by atoms with van der Waals surface area (Å²) in [6.45, 7) is 12.1. The van der Waals surface area contributed by atoms with E-state index in [0.717, 1.165) is 104 Å². The molecule has 0 radical (unpaired) electrons. The summed E-state index contributed by atoms with van der Waals surface area (Å²) in [5, 5.41) is 9.12. The molecule has 0 bridgehead atoms. The highest BCUT2D eigenvalue weighted by Gasteiger charge is 2.39. The highest BCUT2D eigenvalue weighted by molar-refractivity contribution is 6.10. The third-order valence-corrected chi connectivity index (χ3v) is 13.4. The van der Waals surface area contributed by atoms with Gasteiger partial charge in [-0.05, 0) is 117 Å². The number of carbonyl (C=O) groups is 2. The highest BCUT2D eigenvalue weighted by atomic mass is 16.5. The quantitative estimate of drug-likeness (QED) is 0.0438. The molecule has 15 heteroatoms. The number of carbonyl (C=O) groups excluding carboxylic acids is 1. The summed E-state index contributed by atoms with van der Waals surface area (Å²) >= 11 is 0. The zero-order valence-corrected chi connectivity index (χ0v) is 39.9. The molecule has 2 saturated heterocycles. The van der Waals surface area contributed by atoms with Gasteiger partial charge in [-0.3, -0.25) is 19.6 Å². The van der Waals surface area contributed by atoms with Crippen molar-refractivity contribution in [1.29, 1.82) is 0 Å². The Morgan fingerprint density at radius 2 is 1.59 bits per heavy atom. The van der Waals surface area contributed by atoms with Crippen molar-refractivity contribution in [3.05, 3.63) is 131 Å². The Morgan fingerprint density at radius 3 is 2.36 bits per heavy atom. The smallest absolute Gasteiger partial charge is 0.303 e. The number of unbranched alkanes of at least 4 members (excludes halogenated alkanes) is 2. The lowest BCUT2D eigenvalue weighted by molar-refractivity contribution is -0.137. The van der Waals surface area contributed by atoms with Gasteiger partial charge in [-0.15, -0.1) is 0 Å². The Bertz CT molecular complexity index is 2760. The van der Waals surface area contributed by atoms with Crippen molar-refractivity contribution >= 4 is 46.0 Å². The first-order valence-electron chi connectivity index (χ1n) is 24.0. The van der Waals surface area contributed by atoms with Crippen LogP contribution in [0.3, 0.4) is 0 Å². The van der Waals surface area contributed by atoms with Crippen molar-refractivity contribution in [2.24, 2.45) is 9.98 Å². The number of carboxylic acids is 1. The maximum atomic E-state index is 14.2. The number of aromatic nitrogens is 2. The monoisotopic (exact) mass is 934 g/mol. The Balaban J connectivity index is 0.724. The molecule has 5 aromatic rings. The van der Waals surface area contributed by atoms with Crippen molar-refractivity contribution in [2.45, 2.75) is 70.6 Å². The molecule has 15 nitrogen and oxygen atoms in total. The molecule has 4 aliphatic heterocycles. The number of imidazole rings is 1. The number of nitrogen functional groups attached to an aromatic ring is 1. The fraction of sp³-hybridized carbons (Fsp3) is 0.389. The van der Waals surface area contributed by atoms with Gasteiger partial charge in [-0.2, -0.15) is 0 Å². The van der Waals surface area contributed by atoms with E-state index in [4.69, 9.17) is 39.8 Å². The molecule has 1 aromatic heterocycles. The molecule has 69 heavy (non-hydrogen) atoms. The summed E-state index contributed by atoms with van der Waals surface area (Å²) in [6, 6.07) is 24.4. The van der Waals surface area contributed by atoms with Crippen LogP contribution in [0.4, 0.5) is 22.7 Å². The summed E-state index contributed by atoms with van der Waals surface area (Å²) in [7, 11) is 3.72. The van der Waals surface area contributed by atoms with Gasteiger partial charge in [0, 0.05) is 82.2 Å². The number of piperazine rings is 1. The zero-order chi connectivity index (χ0) is 48.0. The number of likely N-dealkylation sites (N-methyl/N-ethyl adjacent to an activating group) is 1. The van der Waals surface area contributed by atoms with Gasteiger partial charge in [-0.25, -0.2) is 4.98 Å². The molecule has 9 rings (SSSR count). The molecule has 4 aliphatic rings. The van der Waals surface area contributed by atoms with Gasteiger partial charge in [0.05, 0.1) is 73.2 Å². The van der Waals surface area contributed by atoms with E-state index in [1.807, 2.05) is 19.1 Å². The number of benzene rings is 4. The third kappa shape index (κ3) is 10.8. The number of methoxy groups -OCH3 is 1. The molecule has 4 aromatic carbocycles. The van der Waals surface area contributed by atoms with Crippen LogP contribution >= 0.6 is 0 Å². The molecule has 3 N–H and O–H groups in total. The summed E-state index contributed by atoms with van der Waals surface area (Å²) in [5.74, 6) is 0.514. The molecule has 0 aliphatic carbocycles. The summed E-state index contributed by atoms with van der Waals surface area (Å²) in [5.41, 5.74) is 18.9. The number of likely N-dealkylation sites (tertiary alicyclic amines) is 1. The average molecular weight is 935 g/mol. The number of ether oxygens (including phenoxy) is 4.